The third-order valence-corrected chi connectivity index (χ3v) is 4.24. The van der Waals surface area contributed by atoms with Crippen molar-refractivity contribution < 1.29 is 15.1 Å². The molecule has 8 nitrogen and oxygen atoms in total. The Morgan fingerprint density at radius 2 is 2.19 bits per heavy atom. The van der Waals surface area contributed by atoms with E-state index in [1.54, 1.807) is 13.8 Å². The minimum Gasteiger partial charge on any atom is -0.394 e. The topological polar surface area (TPSA) is 113 Å². The van der Waals surface area contributed by atoms with Crippen molar-refractivity contribution in [2.45, 2.75) is 51.3 Å². The molecule has 1 aliphatic carbocycles. The molecule has 1 aromatic rings. The summed E-state index contributed by atoms with van der Waals surface area (Å²) in [6.07, 6.45) is 2.17. The quantitative estimate of drug-likeness (QED) is 0.492. The first kappa shape index (κ1) is 15.9. The van der Waals surface area contributed by atoms with Gasteiger partial charge >= 0.3 is 5.69 Å². The summed E-state index contributed by atoms with van der Waals surface area (Å²) in [5, 5.41) is 37.6. The van der Waals surface area contributed by atoms with Crippen LogP contribution in [-0.2, 0) is 6.54 Å². The standard InChI is InChI=1S/C13H22N4O4/c1-9-12(17(20)21)10(2)16(15-9)7-11(19)6-14-13(8-18)4-3-5-13/h11,14,18-19H,3-8H2,1-2H3. The van der Waals surface area contributed by atoms with Gasteiger partial charge in [-0.1, -0.05) is 0 Å². The first-order valence-electron chi connectivity index (χ1n) is 7.11. The van der Waals surface area contributed by atoms with Crippen LogP contribution in [0.1, 0.15) is 30.7 Å². The van der Waals surface area contributed by atoms with E-state index in [0.29, 0.717) is 17.9 Å². The minimum absolute atomic E-state index is 0.000908. The first-order chi connectivity index (χ1) is 9.88. The van der Waals surface area contributed by atoms with Crippen LogP contribution in [0, 0.1) is 24.0 Å². The van der Waals surface area contributed by atoms with Gasteiger partial charge in [0.15, 0.2) is 0 Å². The summed E-state index contributed by atoms with van der Waals surface area (Å²) >= 11 is 0. The zero-order valence-electron chi connectivity index (χ0n) is 12.4. The molecule has 1 atom stereocenters. The molecule has 0 saturated heterocycles. The molecule has 0 bridgehead atoms. The van der Waals surface area contributed by atoms with Crippen molar-refractivity contribution in [3.05, 3.63) is 21.5 Å². The van der Waals surface area contributed by atoms with Gasteiger partial charge in [0.05, 0.1) is 24.2 Å². The maximum atomic E-state index is 10.9. The summed E-state index contributed by atoms with van der Waals surface area (Å²) < 4.78 is 1.46. The molecule has 1 aromatic heterocycles. The van der Waals surface area contributed by atoms with Crippen molar-refractivity contribution in [2.75, 3.05) is 13.2 Å². The van der Waals surface area contributed by atoms with E-state index in [1.165, 1.54) is 4.68 Å². The molecule has 1 aliphatic rings. The molecular formula is C13H22N4O4. The Hall–Kier alpha value is -1.51. The van der Waals surface area contributed by atoms with Crippen LogP contribution in [0.15, 0.2) is 0 Å². The summed E-state index contributed by atoms with van der Waals surface area (Å²) in [6, 6.07) is 0. The lowest BCUT2D eigenvalue weighted by molar-refractivity contribution is -0.386. The lowest BCUT2D eigenvalue weighted by Gasteiger charge is -2.41. The highest BCUT2D eigenvalue weighted by Gasteiger charge is 2.36. The van der Waals surface area contributed by atoms with Crippen LogP contribution in [-0.4, -0.2) is 49.7 Å². The molecule has 0 amide bonds. The van der Waals surface area contributed by atoms with Gasteiger partial charge in [-0.25, -0.2) is 0 Å². The molecule has 8 heteroatoms. The lowest BCUT2D eigenvalue weighted by Crippen LogP contribution is -2.56. The van der Waals surface area contributed by atoms with Crippen LogP contribution < -0.4 is 5.32 Å². The van der Waals surface area contributed by atoms with E-state index in [1.807, 2.05) is 0 Å². The molecule has 118 valence electrons. The van der Waals surface area contributed by atoms with E-state index in [4.69, 9.17) is 0 Å². The molecule has 0 aliphatic heterocycles. The van der Waals surface area contributed by atoms with Gasteiger partial charge in [0.1, 0.15) is 11.4 Å². The Kier molecular flexibility index (Phi) is 4.60. The zero-order valence-corrected chi connectivity index (χ0v) is 12.4. The summed E-state index contributed by atoms with van der Waals surface area (Å²) in [6.45, 7) is 3.79. The number of hydrogen-bond acceptors (Lipinski definition) is 6. The molecule has 1 unspecified atom stereocenters. The number of aliphatic hydroxyl groups excluding tert-OH is 2. The summed E-state index contributed by atoms with van der Waals surface area (Å²) in [5.41, 5.74) is 0.531. The Bertz CT molecular complexity index is 519. The Morgan fingerprint density at radius 1 is 1.52 bits per heavy atom. The van der Waals surface area contributed by atoms with Crippen molar-refractivity contribution in [3.8, 4) is 0 Å². The number of β-amino-alcohol motifs (C(OH)–C–C–N with tert-alkyl or cyclic N) is 1. The molecular weight excluding hydrogens is 276 g/mol. The summed E-state index contributed by atoms with van der Waals surface area (Å²) in [5.74, 6) is 0. The van der Waals surface area contributed by atoms with Crippen molar-refractivity contribution >= 4 is 5.69 Å². The second kappa shape index (κ2) is 6.08. The van der Waals surface area contributed by atoms with Gasteiger partial charge in [-0.2, -0.15) is 5.10 Å². The average molecular weight is 298 g/mol. The number of aromatic nitrogens is 2. The highest BCUT2D eigenvalue weighted by molar-refractivity contribution is 5.39. The Morgan fingerprint density at radius 3 is 2.62 bits per heavy atom. The fourth-order valence-corrected chi connectivity index (χ4v) is 2.72. The molecule has 21 heavy (non-hydrogen) atoms. The lowest BCUT2D eigenvalue weighted by atomic mass is 9.77. The number of rotatable bonds is 7. The van der Waals surface area contributed by atoms with Crippen molar-refractivity contribution in [1.82, 2.24) is 15.1 Å². The normalized spacial score (nSPS) is 18.3. The van der Waals surface area contributed by atoms with Crippen LogP contribution in [0.2, 0.25) is 0 Å². The highest BCUT2D eigenvalue weighted by Crippen LogP contribution is 2.31. The van der Waals surface area contributed by atoms with Crippen molar-refractivity contribution in [1.29, 1.82) is 0 Å². The predicted molar refractivity (Wildman–Crippen MR) is 76.0 cm³/mol. The van der Waals surface area contributed by atoms with Gasteiger partial charge < -0.3 is 15.5 Å². The van der Waals surface area contributed by atoms with E-state index < -0.39 is 11.0 Å². The molecule has 0 radical (unpaired) electrons. The van der Waals surface area contributed by atoms with Crippen LogP contribution in [0.4, 0.5) is 5.69 Å². The summed E-state index contributed by atoms with van der Waals surface area (Å²) in [4.78, 5) is 10.5. The first-order valence-corrected chi connectivity index (χ1v) is 7.11. The van der Waals surface area contributed by atoms with Crippen LogP contribution in [0.25, 0.3) is 0 Å². The number of aliphatic hydroxyl groups is 2. The second-order valence-corrected chi connectivity index (χ2v) is 5.79. The van der Waals surface area contributed by atoms with Gasteiger partial charge in [0.25, 0.3) is 0 Å². The molecule has 2 rings (SSSR count). The van der Waals surface area contributed by atoms with Crippen LogP contribution in [0.5, 0.6) is 0 Å². The van der Waals surface area contributed by atoms with Crippen molar-refractivity contribution in [2.24, 2.45) is 0 Å². The number of aryl methyl sites for hydroxylation is 1. The zero-order chi connectivity index (χ0) is 15.6. The highest BCUT2D eigenvalue weighted by atomic mass is 16.6. The van der Waals surface area contributed by atoms with Gasteiger partial charge in [-0.15, -0.1) is 0 Å². The molecule has 1 fully saturated rings. The number of nitrogens with zero attached hydrogens (tertiary/aromatic N) is 3. The second-order valence-electron chi connectivity index (χ2n) is 5.79. The van der Waals surface area contributed by atoms with Crippen LogP contribution >= 0.6 is 0 Å². The smallest absolute Gasteiger partial charge is 0.312 e. The third kappa shape index (κ3) is 3.22. The molecule has 3 N–H and O–H groups in total. The number of nitrogens with one attached hydrogen (secondary N) is 1. The predicted octanol–water partition coefficient (Wildman–Crippen LogP) is 0.274. The Labute approximate surface area is 122 Å². The van der Waals surface area contributed by atoms with Crippen molar-refractivity contribution in [3.63, 3.8) is 0 Å². The summed E-state index contributed by atoms with van der Waals surface area (Å²) in [7, 11) is 0. The van der Waals surface area contributed by atoms with Gasteiger partial charge in [-0.05, 0) is 33.1 Å². The molecule has 1 heterocycles. The largest absolute Gasteiger partial charge is 0.394 e. The van der Waals surface area contributed by atoms with E-state index in [-0.39, 0.29) is 24.4 Å². The third-order valence-electron chi connectivity index (χ3n) is 4.24. The molecule has 0 spiro atoms. The number of nitro groups is 1. The van der Waals surface area contributed by atoms with Gasteiger partial charge in [0, 0.05) is 12.1 Å². The van der Waals surface area contributed by atoms with Crippen LogP contribution in [0.3, 0.4) is 0 Å². The number of hydrogen-bond donors (Lipinski definition) is 3. The van der Waals surface area contributed by atoms with E-state index in [2.05, 4.69) is 10.4 Å². The van der Waals surface area contributed by atoms with E-state index >= 15 is 0 Å². The molecule has 1 saturated carbocycles. The van der Waals surface area contributed by atoms with Gasteiger partial charge in [-0.3, -0.25) is 14.8 Å². The fourth-order valence-electron chi connectivity index (χ4n) is 2.72. The van der Waals surface area contributed by atoms with Gasteiger partial charge in [0.2, 0.25) is 0 Å². The minimum atomic E-state index is -0.716. The maximum absolute atomic E-state index is 10.9. The fraction of sp³-hybridized carbons (Fsp3) is 0.769. The van der Waals surface area contributed by atoms with E-state index in [0.717, 1.165) is 19.3 Å². The SMILES string of the molecule is Cc1nn(CC(O)CNC2(CO)CCC2)c(C)c1[N+](=O)[O-]. The molecule has 0 aromatic carbocycles. The monoisotopic (exact) mass is 298 g/mol. The average Bonchev–Trinajstić information content (AvgIpc) is 2.63. The van der Waals surface area contributed by atoms with E-state index in [9.17, 15) is 20.3 Å². The maximum Gasteiger partial charge on any atom is 0.312 e. The Balaban J connectivity index is 1.95.